The Bertz CT molecular complexity index is 877. The third-order valence-corrected chi connectivity index (χ3v) is 6.38. The summed E-state index contributed by atoms with van der Waals surface area (Å²) in [5.41, 5.74) is 2.43. The summed E-state index contributed by atoms with van der Waals surface area (Å²) in [7, 11) is 0. The Morgan fingerprint density at radius 3 is 2.44 bits per heavy atom. The molecule has 0 spiro atoms. The molecule has 140 valence electrons. The fourth-order valence-corrected chi connectivity index (χ4v) is 4.56. The van der Waals surface area contributed by atoms with Crippen LogP contribution in [0.25, 0.3) is 0 Å². The maximum atomic E-state index is 13.4. The molecule has 2 aromatic rings. The molecular formula is C23H26N2O2. The highest BCUT2D eigenvalue weighted by Gasteiger charge is 2.68. The van der Waals surface area contributed by atoms with Crippen molar-refractivity contribution < 1.29 is 9.63 Å². The average Bonchev–Trinajstić information content (AvgIpc) is 3.01. The molecule has 1 fully saturated rings. The van der Waals surface area contributed by atoms with Gasteiger partial charge >= 0.3 is 0 Å². The summed E-state index contributed by atoms with van der Waals surface area (Å²) in [4.78, 5) is 21.7. The monoisotopic (exact) mass is 362 g/mol. The van der Waals surface area contributed by atoms with E-state index < -0.39 is 5.41 Å². The topological polar surface area (TPSA) is 32.8 Å². The minimum atomic E-state index is -0.583. The molecule has 1 saturated heterocycles. The number of amides is 1. The van der Waals surface area contributed by atoms with Crippen LogP contribution in [0, 0.1) is 5.41 Å². The number of carbonyl (C=O) groups excluding carboxylic acids is 1. The summed E-state index contributed by atoms with van der Waals surface area (Å²) in [6.07, 6.45) is 1.69. The normalized spacial score (nSPS) is 25.4. The molecule has 2 heterocycles. The second kappa shape index (κ2) is 6.24. The molecule has 2 atom stereocenters. The second-order valence-electron chi connectivity index (χ2n) is 8.05. The first-order valence-electron chi connectivity index (χ1n) is 9.40. The van der Waals surface area contributed by atoms with Crippen LogP contribution < -0.4 is 4.90 Å². The van der Waals surface area contributed by atoms with Gasteiger partial charge in [-0.3, -0.25) is 9.63 Å². The highest BCUT2D eigenvalue weighted by atomic mass is 16.7. The minimum absolute atomic E-state index is 0.0227. The number of nitrogens with zero attached hydrogens (tertiary/aromatic N) is 2. The molecule has 0 bridgehead atoms. The van der Waals surface area contributed by atoms with E-state index in [-0.39, 0.29) is 17.5 Å². The molecule has 2 aliphatic rings. The Morgan fingerprint density at radius 2 is 1.74 bits per heavy atom. The molecule has 0 aromatic heterocycles. The summed E-state index contributed by atoms with van der Waals surface area (Å²) >= 11 is 0. The Kier molecular flexibility index (Phi) is 4.11. The van der Waals surface area contributed by atoms with E-state index in [1.165, 1.54) is 5.56 Å². The van der Waals surface area contributed by atoms with Crippen LogP contribution >= 0.6 is 0 Å². The fourth-order valence-electron chi connectivity index (χ4n) is 4.56. The van der Waals surface area contributed by atoms with E-state index in [0.717, 1.165) is 11.3 Å². The lowest BCUT2D eigenvalue weighted by atomic mass is 9.65. The smallest absolute Gasteiger partial charge is 0.254 e. The van der Waals surface area contributed by atoms with Crippen molar-refractivity contribution in [3.63, 3.8) is 0 Å². The first kappa shape index (κ1) is 17.8. The molecule has 0 radical (unpaired) electrons. The molecule has 0 N–H and O–H groups in total. The Hall–Kier alpha value is -2.59. The van der Waals surface area contributed by atoms with Crippen LogP contribution in [0.15, 0.2) is 67.3 Å². The molecule has 2 aliphatic heterocycles. The number of hydrogen-bond donors (Lipinski definition) is 0. The molecule has 4 nitrogen and oxygen atoms in total. The fraction of sp³-hybridized carbons (Fsp3) is 0.348. The zero-order valence-corrected chi connectivity index (χ0v) is 16.2. The summed E-state index contributed by atoms with van der Waals surface area (Å²) in [6, 6.07) is 18.3. The first-order valence-corrected chi connectivity index (χ1v) is 9.40. The van der Waals surface area contributed by atoms with Gasteiger partial charge in [-0.05, 0) is 31.0 Å². The van der Waals surface area contributed by atoms with Crippen molar-refractivity contribution in [1.29, 1.82) is 0 Å². The number of benzene rings is 2. The molecule has 0 saturated carbocycles. The summed E-state index contributed by atoms with van der Waals surface area (Å²) in [5.74, 6) is 0.0227. The average molecular weight is 362 g/mol. The van der Waals surface area contributed by atoms with Crippen molar-refractivity contribution >= 4 is 11.6 Å². The number of anilines is 1. The van der Waals surface area contributed by atoms with Crippen LogP contribution in [0.1, 0.15) is 31.9 Å². The van der Waals surface area contributed by atoms with Gasteiger partial charge in [0.2, 0.25) is 0 Å². The van der Waals surface area contributed by atoms with Gasteiger partial charge in [0.25, 0.3) is 5.91 Å². The van der Waals surface area contributed by atoms with E-state index in [4.69, 9.17) is 4.84 Å². The van der Waals surface area contributed by atoms with Crippen LogP contribution in [-0.2, 0) is 21.7 Å². The van der Waals surface area contributed by atoms with Gasteiger partial charge in [-0.15, -0.1) is 6.58 Å². The van der Waals surface area contributed by atoms with E-state index >= 15 is 0 Å². The van der Waals surface area contributed by atoms with Crippen LogP contribution in [-0.4, -0.2) is 23.7 Å². The zero-order chi connectivity index (χ0) is 19.2. The minimum Gasteiger partial charge on any atom is -0.344 e. The summed E-state index contributed by atoms with van der Waals surface area (Å²) in [5, 5.41) is 1.61. The van der Waals surface area contributed by atoms with Crippen molar-refractivity contribution in [3.05, 3.63) is 78.4 Å². The Balaban J connectivity index is 1.76. The van der Waals surface area contributed by atoms with Crippen molar-refractivity contribution in [2.75, 3.05) is 11.4 Å². The van der Waals surface area contributed by atoms with E-state index in [9.17, 15) is 4.79 Å². The second-order valence-corrected chi connectivity index (χ2v) is 8.05. The van der Waals surface area contributed by atoms with Crippen molar-refractivity contribution in [1.82, 2.24) is 5.06 Å². The third-order valence-electron chi connectivity index (χ3n) is 6.38. The van der Waals surface area contributed by atoms with Gasteiger partial charge in [0, 0.05) is 17.6 Å². The molecule has 27 heavy (non-hydrogen) atoms. The maximum absolute atomic E-state index is 13.4. The lowest BCUT2D eigenvalue weighted by molar-refractivity contribution is -0.198. The first-order chi connectivity index (χ1) is 12.9. The van der Waals surface area contributed by atoms with Gasteiger partial charge in [0.1, 0.15) is 12.8 Å². The predicted octanol–water partition coefficient (Wildman–Crippen LogP) is 4.28. The van der Waals surface area contributed by atoms with Crippen LogP contribution in [0.4, 0.5) is 5.69 Å². The highest BCUT2D eigenvalue weighted by Crippen LogP contribution is 2.60. The lowest BCUT2D eigenvalue weighted by Crippen LogP contribution is -2.50. The van der Waals surface area contributed by atoms with Crippen LogP contribution in [0.2, 0.25) is 0 Å². The quantitative estimate of drug-likeness (QED) is 0.745. The molecule has 1 amide bonds. The number of hydroxylamine groups is 2. The van der Waals surface area contributed by atoms with Crippen molar-refractivity contribution in [2.24, 2.45) is 5.41 Å². The Labute approximate surface area is 161 Å². The van der Waals surface area contributed by atoms with E-state index in [0.29, 0.717) is 13.2 Å². The summed E-state index contributed by atoms with van der Waals surface area (Å²) < 4.78 is 0. The number of rotatable bonds is 5. The van der Waals surface area contributed by atoms with Gasteiger partial charge in [0.15, 0.2) is 0 Å². The number of para-hydroxylation sites is 1. The van der Waals surface area contributed by atoms with Crippen molar-refractivity contribution in [2.45, 2.75) is 39.0 Å². The zero-order valence-electron chi connectivity index (χ0n) is 16.2. The van der Waals surface area contributed by atoms with Crippen LogP contribution in [0.3, 0.4) is 0 Å². The lowest BCUT2D eigenvalue weighted by Gasteiger charge is -2.37. The van der Waals surface area contributed by atoms with Crippen LogP contribution in [0.5, 0.6) is 0 Å². The van der Waals surface area contributed by atoms with Gasteiger partial charge < -0.3 is 4.90 Å². The molecule has 2 unspecified atom stereocenters. The van der Waals surface area contributed by atoms with Gasteiger partial charge in [0.05, 0.1) is 5.41 Å². The van der Waals surface area contributed by atoms with Gasteiger partial charge in [-0.1, -0.05) is 61.5 Å². The Morgan fingerprint density at radius 1 is 1.07 bits per heavy atom. The number of hydrogen-bond acceptors (Lipinski definition) is 3. The SMILES string of the molecule is C=CCN1c2ccccc2C2(C)C1N(OCc1ccccc1)C(=O)C2(C)C. The molecule has 2 aromatic carbocycles. The molecule has 4 heteroatoms. The van der Waals surface area contributed by atoms with Gasteiger partial charge in [-0.25, -0.2) is 0 Å². The predicted molar refractivity (Wildman–Crippen MR) is 107 cm³/mol. The largest absolute Gasteiger partial charge is 0.344 e. The number of carbonyl (C=O) groups is 1. The molecule has 4 rings (SSSR count). The molecular weight excluding hydrogens is 336 g/mol. The van der Waals surface area contributed by atoms with Gasteiger partial charge in [-0.2, -0.15) is 5.06 Å². The van der Waals surface area contributed by atoms with E-state index in [2.05, 4.69) is 30.5 Å². The van der Waals surface area contributed by atoms with E-state index in [1.54, 1.807) is 5.06 Å². The van der Waals surface area contributed by atoms with E-state index in [1.807, 2.05) is 62.4 Å². The standard InChI is InChI=1S/C23H26N2O2/c1-5-15-24-19-14-10-9-13-18(19)23(4)20(24)25(21(26)22(23,2)3)27-16-17-11-7-6-8-12-17/h5-14,20H,1,15-16H2,2-4H3. The number of fused-ring (bicyclic) bond motifs is 3. The highest BCUT2D eigenvalue weighted by molar-refractivity contribution is 5.90. The molecule has 0 aliphatic carbocycles. The maximum Gasteiger partial charge on any atom is 0.254 e. The third kappa shape index (κ3) is 2.36. The van der Waals surface area contributed by atoms with Crippen molar-refractivity contribution in [3.8, 4) is 0 Å². The summed E-state index contributed by atoms with van der Waals surface area (Å²) in [6.45, 7) is 11.2.